The van der Waals surface area contributed by atoms with Gasteiger partial charge in [-0.3, -0.25) is 0 Å². The third kappa shape index (κ3) is 1.07. The number of rotatable bonds is 0. The lowest BCUT2D eigenvalue weighted by atomic mass is 10.2. The first-order valence-electron chi connectivity index (χ1n) is 3.15. The predicted molar refractivity (Wildman–Crippen MR) is 30.0 cm³/mol. The second-order valence-electron chi connectivity index (χ2n) is 2.72. The van der Waals surface area contributed by atoms with Crippen molar-refractivity contribution >= 4 is 0 Å². The molecule has 9 heavy (non-hydrogen) atoms. The van der Waals surface area contributed by atoms with E-state index < -0.39 is 12.2 Å². The Morgan fingerprint density at radius 3 is 1.89 bits per heavy atom. The maximum atomic E-state index is 9.08. The Kier molecular flexibility index (Phi) is 1.72. The minimum Gasteiger partial charge on any atom is -0.390 e. The molecule has 0 bridgehead atoms. The smallest absolute Gasteiger partial charge is 0.165 e. The van der Waals surface area contributed by atoms with Gasteiger partial charge in [0.1, 0.15) is 12.1 Å². The molecule has 0 amide bonds. The Morgan fingerprint density at radius 1 is 1.22 bits per heavy atom. The van der Waals surface area contributed by atoms with E-state index in [9.17, 15) is 0 Å². The van der Waals surface area contributed by atoms with Crippen LogP contribution < -0.4 is 11.5 Å². The van der Waals surface area contributed by atoms with Crippen LogP contribution in [-0.2, 0) is 0 Å². The fraction of sp³-hybridized carbons (Fsp3) is 1.00. The first-order chi connectivity index (χ1) is 4.13. The van der Waals surface area contributed by atoms with Crippen molar-refractivity contribution < 1.29 is 21.7 Å². The molecule has 4 atom stereocenters. The van der Waals surface area contributed by atoms with Crippen molar-refractivity contribution in [3.05, 3.63) is 0 Å². The Morgan fingerprint density at radius 2 is 1.78 bits per heavy atom. The molecule has 0 radical (unpaired) electrons. The average molecular weight is 134 g/mol. The standard InChI is InChI=1S/C5H12N2O2/c6-2-1-3(8)5(9)4(2)7/h2-5,8-9H,1,6-7H2/p+2/t2-,3+,4+,5-/m0/s1. The summed E-state index contributed by atoms with van der Waals surface area (Å²) in [5.41, 5.74) is 7.41. The quantitative estimate of drug-likeness (QED) is 0.275. The van der Waals surface area contributed by atoms with E-state index in [4.69, 9.17) is 10.2 Å². The van der Waals surface area contributed by atoms with Gasteiger partial charge in [-0.25, -0.2) is 0 Å². The van der Waals surface area contributed by atoms with Crippen LogP contribution in [0.4, 0.5) is 0 Å². The maximum absolute atomic E-state index is 9.08. The molecule has 1 aliphatic carbocycles. The van der Waals surface area contributed by atoms with Gasteiger partial charge in [-0.1, -0.05) is 0 Å². The molecule has 8 N–H and O–H groups in total. The molecule has 1 rings (SSSR count). The van der Waals surface area contributed by atoms with Crippen LogP contribution in [0, 0.1) is 0 Å². The fourth-order valence-electron chi connectivity index (χ4n) is 1.19. The molecule has 54 valence electrons. The van der Waals surface area contributed by atoms with Crippen LogP contribution in [0.25, 0.3) is 0 Å². The summed E-state index contributed by atoms with van der Waals surface area (Å²) >= 11 is 0. The maximum Gasteiger partial charge on any atom is 0.165 e. The molecule has 0 aromatic rings. The highest BCUT2D eigenvalue weighted by atomic mass is 16.3. The van der Waals surface area contributed by atoms with Gasteiger partial charge in [-0.15, -0.1) is 0 Å². The van der Waals surface area contributed by atoms with E-state index in [-0.39, 0.29) is 12.1 Å². The lowest BCUT2D eigenvalue weighted by Gasteiger charge is -2.07. The zero-order valence-corrected chi connectivity index (χ0v) is 5.33. The van der Waals surface area contributed by atoms with Gasteiger partial charge in [-0.2, -0.15) is 0 Å². The topological polar surface area (TPSA) is 95.7 Å². The van der Waals surface area contributed by atoms with Crippen molar-refractivity contribution in [2.24, 2.45) is 0 Å². The van der Waals surface area contributed by atoms with Gasteiger partial charge in [0.15, 0.2) is 6.04 Å². The van der Waals surface area contributed by atoms with Crippen molar-refractivity contribution in [1.29, 1.82) is 0 Å². The molecule has 4 nitrogen and oxygen atoms in total. The second-order valence-corrected chi connectivity index (χ2v) is 2.72. The molecule has 0 spiro atoms. The van der Waals surface area contributed by atoms with Gasteiger partial charge in [0, 0.05) is 6.42 Å². The molecule has 1 aliphatic rings. The van der Waals surface area contributed by atoms with Crippen molar-refractivity contribution in [2.45, 2.75) is 30.7 Å². The monoisotopic (exact) mass is 134 g/mol. The van der Waals surface area contributed by atoms with Gasteiger partial charge in [0.05, 0.1) is 6.10 Å². The number of aliphatic hydroxyl groups is 2. The van der Waals surface area contributed by atoms with E-state index in [2.05, 4.69) is 11.5 Å². The van der Waals surface area contributed by atoms with Crippen LogP contribution >= 0.6 is 0 Å². The third-order valence-electron chi connectivity index (χ3n) is 1.98. The van der Waals surface area contributed by atoms with E-state index in [0.29, 0.717) is 6.42 Å². The summed E-state index contributed by atoms with van der Waals surface area (Å²) in [7, 11) is 0. The van der Waals surface area contributed by atoms with Gasteiger partial charge in [0.2, 0.25) is 0 Å². The second kappa shape index (κ2) is 2.22. The SMILES string of the molecule is [NH3+][C@H]1[C@@H](O)[C@H](O)C[C@@H]1[NH3+]. The Labute approximate surface area is 53.5 Å². The average Bonchev–Trinajstić information content (AvgIpc) is 1.98. The lowest BCUT2D eigenvalue weighted by molar-refractivity contribution is -0.528. The van der Waals surface area contributed by atoms with Crippen LogP contribution in [0.2, 0.25) is 0 Å². The Bertz CT molecular complexity index is 97.1. The van der Waals surface area contributed by atoms with Crippen molar-refractivity contribution in [3.8, 4) is 0 Å². The highest BCUT2D eigenvalue weighted by Gasteiger charge is 2.42. The van der Waals surface area contributed by atoms with Gasteiger partial charge >= 0.3 is 0 Å². The van der Waals surface area contributed by atoms with Crippen LogP contribution in [-0.4, -0.2) is 34.5 Å². The third-order valence-corrected chi connectivity index (χ3v) is 1.98. The summed E-state index contributed by atoms with van der Waals surface area (Å²) in [5.74, 6) is 0. The molecule has 0 aromatic carbocycles. The van der Waals surface area contributed by atoms with Crippen molar-refractivity contribution in [2.75, 3.05) is 0 Å². The lowest BCUT2D eigenvalue weighted by Crippen LogP contribution is -2.79. The first kappa shape index (κ1) is 6.95. The molecule has 0 aliphatic heterocycles. The largest absolute Gasteiger partial charge is 0.390 e. The molecule has 1 saturated carbocycles. The molecular formula is C5H14N2O2+2. The summed E-state index contributed by atoms with van der Waals surface area (Å²) in [5, 5.41) is 18.1. The minimum absolute atomic E-state index is 0.0972. The zero-order valence-electron chi connectivity index (χ0n) is 5.33. The highest BCUT2D eigenvalue weighted by Crippen LogP contribution is 2.14. The first-order valence-corrected chi connectivity index (χ1v) is 3.15. The van der Waals surface area contributed by atoms with E-state index in [1.165, 1.54) is 0 Å². The van der Waals surface area contributed by atoms with Crippen molar-refractivity contribution in [3.63, 3.8) is 0 Å². The van der Waals surface area contributed by atoms with E-state index in [1.54, 1.807) is 0 Å². The van der Waals surface area contributed by atoms with Gasteiger partial charge in [-0.05, 0) is 0 Å². The van der Waals surface area contributed by atoms with E-state index >= 15 is 0 Å². The summed E-state index contributed by atoms with van der Waals surface area (Å²) in [6.45, 7) is 0. The predicted octanol–water partition coefficient (Wildman–Crippen LogP) is -3.67. The van der Waals surface area contributed by atoms with Crippen LogP contribution in [0.15, 0.2) is 0 Å². The molecule has 0 saturated heterocycles. The molecule has 0 aromatic heterocycles. The Balaban J connectivity index is 2.54. The highest BCUT2D eigenvalue weighted by molar-refractivity contribution is 4.88. The normalized spacial score (nSPS) is 52.0. The Hall–Kier alpha value is -0.160. The number of quaternary nitrogens is 2. The summed E-state index contributed by atoms with van der Waals surface area (Å²) < 4.78 is 0. The van der Waals surface area contributed by atoms with Crippen LogP contribution in [0.3, 0.4) is 0 Å². The zero-order chi connectivity index (χ0) is 7.02. The summed E-state index contributed by atoms with van der Waals surface area (Å²) in [6.07, 6.45) is -0.683. The van der Waals surface area contributed by atoms with Crippen molar-refractivity contribution in [1.82, 2.24) is 0 Å². The molecular weight excluding hydrogens is 120 g/mol. The van der Waals surface area contributed by atoms with Gasteiger partial charge < -0.3 is 21.7 Å². The molecule has 1 fully saturated rings. The summed E-state index contributed by atoms with van der Waals surface area (Å²) in [6, 6.07) is 0.00926. The number of hydrogen-bond donors (Lipinski definition) is 4. The summed E-state index contributed by atoms with van der Waals surface area (Å²) in [4.78, 5) is 0. The number of aliphatic hydroxyl groups excluding tert-OH is 2. The van der Waals surface area contributed by atoms with Crippen LogP contribution in [0.1, 0.15) is 6.42 Å². The van der Waals surface area contributed by atoms with E-state index in [1.807, 2.05) is 0 Å². The molecule has 4 heteroatoms. The van der Waals surface area contributed by atoms with Gasteiger partial charge in [0.25, 0.3) is 0 Å². The molecule has 0 unspecified atom stereocenters. The van der Waals surface area contributed by atoms with Crippen LogP contribution in [0.5, 0.6) is 0 Å². The fourth-order valence-corrected chi connectivity index (χ4v) is 1.19. The van der Waals surface area contributed by atoms with E-state index in [0.717, 1.165) is 0 Å². The molecule has 0 heterocycles. The number of hydrogen-bond acceptors (Lipinski definition) is 2. The minimum atomic E-state index is -0.660.